The molecule has 0 bridgehead atoms. The molecule has 120 valence electrons. The van der Waals surface area contributed by atoms with Crippen LogP contribution in [0, 0.1) is 11.3 Å². The van der Waals surface area contributed by atoms with E-state index in [4.69, 9.17) is 14.7 Å². The number of hydrogen-bond acceptors (Lipinski definition) is 6. The SMILES string of the molecule is COc1cc(C#N)ccc1CN1CCOC(c2nncn2C)C1. The fraction of sp³-hybridized carbons (Fsp3) is 0.438. The average Bonchev–Trinajstić information content (AvgIpc) is 3.01. The molecular formula is C16H19N5O2. The summed E-state index contributed by atoms with van der Waals surface area (Å²) in [5.41, 5.74) is 1.66. The third-order valence-corrected chi connectivity index (χ3v) is 4.00. The van der Waals surface area contributed by atoms with Crippen LogP contribution in [0.3, 0.4) is 0 Å². The van der Waals surface area contributed by atoms with Crippen LogP contribution in [0.25, 0.3) is 0 Å². The molecule has 1 aromatic carbocycles. The molecule has 0 N–H and O–H groups in total. The predicted octanol–water partition coefficient (Wildman–Crippen LogP) is 1.27. The van der Waals surface area contributed by atoms with Gasteiger partial charge in [-0.25, -0.2) is 0 Å². The second kappa shape index (κ2) is 6.77. The molecule has 2 heterocycles. The Morgan fingerprint density at radius 1 is 1.48 bits per heavy atom. The summed E-state index contributed by atoms with van der Waals surface area (Å²) in [4.78, 5) is 2.30. The number of hydrogen-bond donors (Lipinski definition) is 0. The van der Waals surface area contributed by atoms with Crippen molar-refractivity contribution in [3.63, 3.8) is 0 Å². The van der Waals surface area contributed by atoms with Gasteiger partial charge in [0, 0.05) is 32.2 Å². The van der Waals surface area contributed by atoms with E-state index in [1.54, 1.807) is 19.5 Å². The third-order valence-electron chi connectivity index (χ3n) is 4.00. The van der Waals surface area contributed by atoms with Crippen LogP contribution < -0.4 is 4.74 Å². The maximum atomic E-state index is 8.99. The van der Waals surface area contributed by atoms with Crippen molar-refractivity contribution in [2.24, 2.45) is 7.05 Å². The highest BCUT2D eigenvalue weighted by molar-refractivity contribution is 5.42. The van der Waals surface area contributed by atoms with Gasteiger partial charge in [-0.2, -0.15) is 5.26 Å². The Hall–Kier alpha value is -2.43. The first-order chi connectivity index (χ1) is 11.2. The molecule has 1 aromatic heterocycles. The molecule has 0 spiro atoms. The number of ether oxygens (including phenoxy) is 2. The number of aryl methyl sites for hydroxylation is 1. The highest BCUT2D eigenvalue weighted by Gasteiger charge is 2.26. The number of benzene rings is 1. The molecule has 1 aliphatic rings. The van der Waals surface area contributed by atoms with Crippen LogP contribution in [0.4, 0.5) is 0 Å². The summed E-state index contributed by atoms with van der Waals surface area (Å²) < 4.78 is 13.1. The maximum Gasteiger partial charge on any atom is 0.163 e. The minimum Gasteiger partial charge on any atom is -0.496 e. The van der Waals surface area contributed by atoms with E-state index in [1.165, 1.54) is 0 Å². The van der Waals surface area contributed by atoms with Crippen molar-refractivity contribution in [3.8, 4) is 11.8 Å². The Morgan fingerprint density at radius 2 is 2.35 bits per heavy atom. The van der Waals surface area contributed by atoms with Crippen LogP contribution in [0.15, 0.2) is 24.5 Å². The summed E-state index contributed by atoms with van der Waals surface area (Å²) in [5.74, 6) is 1.58. The van der Waals surface area contributed by atoms with Crippen LogP contribution in [0.5, 0.6) is 5.75 Å². The van der Waals surface area contributed by atoms with E-state index < -0.39 is 0 Å². The summed E-state index contributed by atoms with van der Waals surface area (Å²) in [6, 6.07) is 7.67. The van der Waals surface area contributed by atoms with Gasteiger partial charge in [-0.1, -0.05) is 6.07 Å². The first-order valence-electron chi connectivity index (χ1n) is 7.46. The predicted molar refractivity (Wildman–Crippen MR) is 82.7 cm³/mol. The average molecular weight is 313 g/mol. The van der Waals surface area contributed by atoms with Crippen LogP contribution in [0.2, 0.25) is 0 Å². The summed E-state index contributed by atoms with van der Waals surface area (Å²) in [6.45, 7) is 2.98. The van der Waals surface area contributed by atoms with E-state index in [2.05, 4.69) is 21.2 Å². The Labute approximate surface area is 135 Å². The molecule has 2 aromatic rings. The fourth-order valence-corrected chi connectivity index (χ4v) is 2.77. The van der Waals surface area contributed by atoms with E-state index in [9.17, 15) is 0 Å². The first kappa shape index (κ1) is 15.5. The summed E-state index contributed by atoms with van der Waals surface area (Å²) in [6.07, 6.45) is 1.60. The van der Waals surface area contributed by atoms with Gasteiger partial charge in [0.05, 0.1) is 25.3 Å². The van der Waals surface area contributed by atoms with Gasteiger partial charge in [-0.05, 0) is 12.1 Å². The van der Waals surface area contributed by atoms with Gasteiger partial charge in [-0.15, -0.1) is 10.2 Å². The molecule has 7 nitrogen and oxygen atoms in total. The summed E-state index contributed by atoms with van der Waals surface area (Å²) in [7, 11) is 3.54. The first-order valence-corrected chi connectivity index (χ1v) is 7.46. The van der Waals surface area contributed by atoms with Crippen LogP contribution >= 0.6 is 0 Å². The number of rotatable bonds is 4. The summed E-state index contributed by atoms with van der Waals surface area (Å²) >= 11 is 0. The molecule has 1 aliphatic heterocycles. The van der Waals surface area contributed by atoms with Crippen LogP contribution in [-0.4, -0.2) is 46.5 Å². The van der Waals surface area contributed by atoms with E-state index in [-0.39, 0.29) is 6.10 Å². The standard InChI is InChI=1S/C16H19N5O2/c1-20-11-18-19-16(20)15-10-21(5-6-23-15)9-13-4-3-12(8-17)7-14(13)22-2/h3-4,7,11,15H,5-6,9-10H2,1-2H3. The van der Waals surface area contributed by atoms with Crippen molar-refractivity contribution in [3.05, 3.63) is 41.5 Å². The maximum absolute atomic E-state index is 8.99. The van der Waals surface area contributed by atoms with Gasteiger partial charge < -0.3 is 14.0 Å². The Bertz CT molecular complexity index is 722. The van der Waals surface area contributed by atoms with E-state index in [0.29, 0.717) is 12.2 Å². The molecule has 1 fully saturated rings. The lowest BCUT2D eigenvalue weighted by atomic mass is 10.1. The second-order valence-electron chi connectivity index (χ2n) is 5.53. The molecule has 1 saturated heterocycles. The monoisotopic (exact) mass is 313 g/mol. The molecule has 0 amide bonds. The van der Waals surface area contributed by atoms with Gasteiger partial charge in [0.25, 0.3) is 0 Å². The minimum absolute atomic E-state index is 0.0828. The number of morpholine rings is 1. The quantitative estimate of drug-likeness (QED) is 0.846. The lowest BCUT2D eigenvalue weighted by molar-refractivity contribution is -0.0387. The van der Waals surface area contributed by atoms with Crippen molar-refractivity contribution in [2.45, 2.75) is 12.6 Å². The molecule has 1 unspecified atom stereocenters. The van der Waals surface area contributed by atoms with Gasteiger partial charge in [-0.3, -0.25) is 4.90 Å². The highest BCUT2D eigenvalue weighted by atomic mass is 16.5. The molecule has 3 rings (SSSR count). The Kier molecular flexibility index (Phi) is 4.55. The third kappa shape index (κ3) is 3.33. The molecule has 7 heteroatoms. The molecule has 0 aliphatic carbocycles. The smallest absolute Gasteiger partial charge is 0.163 e. The molecule has 1 atom stereocenters. The molecule has 23 heavy (non-hydrogen) atoms. The van der Waals surface area contributed by atoms with Crippen LogP contribution in [0.1, 0.15) is 23.1 Å². The second-order valence-corrected chi connectivity index (χ2v) is 5.53. The summed E-state index contributed by atoms with van der Waals surface area (Å²) in [5, 5.41) is 17.0. The Balaban J connectivity index is 1.73. The van der Waals surface area contributed by atoms with E-state index in [0.717, 1.165) is 36.8 Å². The number of nitrogens with zero attached hydrogens (tertiary/aromatic N) is 5. The highest BCUT2D eigenvalue weighted by Crippen LogP contribution is 2.25. The topological polar surface area (TPSA) is 76.2 Å². The fourth-order valence-electron chi connectivity index (χ4n) is 2.77. The van der Waals surface area contributed by atoms with Crippen molar-refractivity contribution in [1.29, 1.82) is 5.26 Å². The van der Waals surface area contributed by atoms with Gasteiger partial charge in [0.1, 0.15) is 18.2 Å². The lowest BCUT2D eigenvalue weighted by Gasteiger charge is -2.32. The van der Waals surface area contributed by atoms with Crippen molar-refractivity contribution in [1.82, 2.24) is 19.7 Å². The van der Waals surface area contributed by atoms with Gasteiger partial charge in [0.2, 0.25) is 0 Å². The van der Waals surface area contributed by atoms with Crippen molar-refractivity contribution >= 4 is 0 Å². The molecule has 0 saturated carbocycles. The zero-order chi connectivity index (χ0) is 16.2. The van der Waals surface area contributed by atoms with E-state index in [1.807, 2.05) is 23.7 Å². The molecular weight excluding hydrogens is 294 g/mol. The zero-order valence-electron chi connectivity index (χ0n) is 13.3. The van der Waals surface area contributed by atoms with Crippen molar-refractivity contribution < 1.29 is 9.47 Å². The van der Waals surface area contributed by atoms with Crippen molar-refractivity contribution in [2.75, 3.05) is 26.8 Å². The van der Waals surface area contributed by atoms with Gasteiger partial charge >= 0.3 is 0 Å². The lowest BCUT2D eigenvalue weighted by Crippen LogP contribution is -2.38. The molecule has 0 radical (unpaired) electrons. The number of aromatic nitrogens is 3. The van der Waals surface area contributed by atoms with Gasteiger partial charge in [0.15, 0.2) is 5.82 Å². The number of nitriles is 1. The van der Waals surface area contributed by atoms with E-state index >= 15 is 0 Å². The largest absolute Gasteiger partial charge is 0.496 e. The number of methoxy groups -OCH3 is 1. The van der Waals surface area contributed by atoms with Crippen LogP contribution in [-0.2, 0) is 18.3 Å². The Morgan fingerprint density at radius 3 is 3.04 bits per heavy atom. The zero-order valence-corrected chi connectivity index (χ0v) is 13.3. The minimum atomic E-state index is -0.0828. The normalized spacial score (nSPS) is 18.6.